The minimum Gasteiger partial charge on any atom is -0.409 e. The Morgan fingerprint density at radius 3 is 2.62 bits per heavy atom. The van der Waals surface area contributed by atoms with E-state index in [9.17, 15) is 9.59 Å². The molecule has 4 rings (SSSR count). The van der Waals surface area contributed by atoms with Gasteiger partial charge in [0.1, 0.15) is 11.9 Å². The van der Waals surface area contributed by atoms with Crippen molar-refractivity contribution in [2.45, 2.75) is 26.3 Å². The number of hydrogen-bond acceptors (Lipinski definition) is 6. The molecule has 2 aliphatic rings. The van der Waals surface area contributed by atoms with Gasteiger partial charge in [-0.2, -0.15) is 0 Å². The smallest absolute Gasteiger partial charge is 0.409 e. The summed E-state index contributed by atoms with van der Waals surface area (Å²) in [6.07, 6.45) is 3.95. The van der Waals surface area contributed by atoms with Crippen LogP contribution in [0.25, 0.3) is 0 Å². The number of pyridine rings is 1. The van der Waals surface area contributed by atoms with Crippen molar-refractivity contribution in [3.05, 3.63) is 42.4 Å². The van der Waals surface area contributed by atoms with E-state index in [-0.39, 0.29) is 17.9 Å². The molecule has 170 valence electrons. The lowest BCUT2D eigenvalue weighted by molar-refractivity contribution is -0.119. The lowest BCUT2D eigenvalue weighted by Gasteiger charge is -2.33. The summed E-state index contributed by atoms with van der Waals surface area (Å²) in [5.41, 5.74) is 1.22. The first-order chi connectivity index (χ1) is 15.4. The molecular formula is C22H28N6O3S. The fraction of sp³-hybridized carbons (Fsp3) is 0.455. The van der Waals surface area contributed by atoms with Gasteiger partial charge >= 0.3 is 6.09 Å². The second kappa shape index (κ2) is 9.66. The average molecular weight is 457 g/mol. The molecule has 2 N–H and O–H groups in total. The van der Waals surface area contributed by atoms with Crippen molar-refractivity contribution in [3.63, 3.8) is 0 Å². The number of ether oxygens (including phenoxy) is 1. The number of nitrogens with one attached hydrogen (secondary N) is 2. The average Bonchev–Trinajstić information content (AvgIpc) is 3.41. The van der Waals surface area contributed by atoms with Gasteiger partial charge in [0.25, 0.3) is 5.91 Å². The van der Waals surface area contributed by atoms with E-state index in [4.69, 9.17) is 17.0 Å². The maximum Gasteiger partial charge on any atom is 0.415 e. The minimum absolute atomic E-state index is 0.111. The van der Waals surface area contributed by atoms with Crippen LogP contribution in [0.15, 0.2) is 36.7 Å². The Kier molecular flexibility index (Phi) is 6.71. The van der Waals surface area contributed by atoms with Crippen molar-refractivity contribution in [2.75, 3.05) is 37.6 Å². The van der Waals surface area contributed by atoms with Gasteiger partial charge in [-0.25, -0.2) is 14.7 Å². The number of rotatable bonds is 6. The van der Waals surface area contributed by atoms with Gasteiger partial charge in [0.2, 0.25) is 0 Å². The molecule has 2 aliphatic heterocycles. The van der Waals surface area contributed by atoms with Crippen molar-refractivity contribution in [1.82, 2.24) is 25.1 Å². The molecule has 10 heteroatoms. The number of thiocarbonyl (C=S) groups is 1. The van der Waals surface area contributed by atoms with Crippen LogP contribution in [0.2, 0.25) is 0 Å². The first-order valence-electron chi connectivity index (χ1n) is 10.8. The molecular weight excluding hydrogens is 428 g/mol. The Hall–Kier alpha value is -2.98. The van der Waals surface area contributed by atoms with Crippen molar-refractivity contribution in [2.24, 2.45) is 5.92 Å². The van der Waals surface area contributed by atoms with E-state index in [1.165, 1.54) is 16.8 Å². The maximum absolute atomic E-state index is 12.6. The molecule has 2 fully saturated rings. The van der Waals surface area contributed by atoms with E-state index in [1.807, 2.05) is 26.1 Å². The number of amides is 2. The standard InChI is InChI=1S/C22H28N6O3S/c1-15(2)19-20(29)28(21(32)25-19)18-6-5-17(14-24-18)31-22(30)27-12-10-26(11-13-27)9-7-16-4-3-8-23-16/h3-6,8,14-15,19,23H,7,9-13H2,1-2H3,(H,25,32). The molecule has 0 spiro atoms. The molecule has 1 atom stereocenters. The molecule has 0 bridgehead atoms. The number of hydrogen-bond donors (Lipinski definition) is 2. The quantitative estimate of drug-likeness (QED) is 0.643. The lowest BCUT2D eigenvalue weighted by Crippen LogP contribution is -2.49. The summed E-state index contributed by atoms with van der Waals surface area (Å²) < 4.78 is 5.49. The predicted molar refractivity (Wildman–Crippen MR) is 125 cm³/mol. The molecule has 32 heavy (non-hydrogen) atoms. The highest BCUT2D eigenvalue weighted by Gasteiger charge is 2.38. The third kappa shape index (κ3) is 4.91. The predicted octanol–water partition coefficient (Wildman–Crippen LogP) is 2.01. The number of carbonyl (C=O) groups excluding carboxylic acids is 2. The van der Waals surface area contributed by atoms with Crippen LogP contribution in [0.4, 0.5) is 10.6 Å². The molecule has 0 aromatic carbocycles. The van der Waals surface area contributed by atoms with Crippen molar-refractivity contribution < 1.29 is 14.3 Å². The van der Waals surface area contributed by atoms with Gasteiger partial charge in [-0.3, -0.25) is 9.69 Å². The van der Waals surface area contributed by atoms with Gasteiger partial charge in [0.05, 0.1) is 6.20 Å². The van der Waals surface area contributed by atoms with E-state index < -0.39 is 6.09 Å². The van der Waals surface area contributed by atoms with E-state index in [0.29, 0.717) is 29.8 Å². The zero-order chi connectivity index (χ0) is 22.7. The molecule has 9 nitrogen and oxygen atoms in total. The van der Waals surface area contributed by atoms with Crippen LogP contribution in [0, 0.1) is 5.92 Å². The second-order valence-electron chi connectivity index (χ2n) is 8.34. The van der Waals surface area contributed by atoms with Gasteiger partial charge < -0.3 is 19.9 Å². The Balaban J connectivity index is 1.27. The maximum atomic E-state index is 12.6. The van der Waals surface area contributed by atoms with Crippen LogP contribution in [-0.4, -0.2) is 75.6 Å². The molecule has 4 heterocycles. The van der Waals surface area contributed by atoms with Gasteiger partial charge in [0, 0.05) is 51.0 Å². The Morgan fingerprint density at radius 2 is 2.03 bits per heavy atom. The monoisotopic (exact) mass is 456 g/mol. The Morgan fingerprint density at radius 1 is 1.25 bits per heavy atom. The normalized spacial score (nSPS) is 19.5. The van der Waals surface area contributed by atoms with E-state index in [1.54, 1.807) is 17.0 Å². The highest BCUT2D eigenvalue weighted by molar-refractivity contribution is 7.80. The number of anilines is 1. The summed E-state index contributed by atoms with van der Waals surface area (Å²) in [6.45, 7) is 7.73. The fourth-order valence-electron chi connectivity index (χ4n) is 3.85. The number of aromatic amines is 1. The summed E-state index contributed by atoms with van der Waals surface area (Å²) in [7, 11) is 0. The summed E-state index contributed by atoms with van der Waals surface area (Å²) in [5, 5.41) is 3.37. The first kappa shape index (κ1) is 22.2. The van der Waals surface area contributed by atoms with Crippen molar-refractivity contribution >= 4 is 35.1 Å². The van der Waals surface area contributed by atoms with Crippen LogP contribution >= 0.6 is 12.2 Å². The summed E-state index contributed by atoms with van der Waals surface area (Å²) >= 11 is 5.29. The number of aromatic nitrogens is 2. The molecule has 0 aliphatic carbocycles. The molecule has 2 aromatic rings. The highest BCUT2D eigenvalue weighted by Crippen LogP contribution is 2.23. The van der Waals surface area contributed by atoms with Gasteiger partial charge in [-0.15, -0.1) is 0 Å². The Labute approximate surface area is 192 Å². The van der Waals surface area contributed by atoms with Crippen LogP contribution in [-0.2, 0) is 11.2 Å². The fourth-order valence-corrected chi connectivity index (χ4v) is 4.16. The second-order valence-corrected chi connectivity index (χ2v) is 8.73. The van der Waals surface area contributed by atoms with E-state index in [0.717, 1.165) is 26.1 Å². The molecule has 1 unspecified atom stereocenters. The third-order valence-corrected chi connectivity index (χ3v) is 6.08. The van der Waals surface area contributed by atoms with Crippen molar-refractivity contribution in [3.8, 4) is 5.75 Å². The summed E-state index contributed by atoms with van der Waals surface area (Å²) in [6, 6.07) is 6.99. The van der Waals surface area contributed by atoms with Crippen LogP contribution < -0.4 is 15.0 Å². The Bertz CT molecular complexity index is 955. The first-order valence-corrected chi connectivity index (χ1v) is 11.2. The van der Waals surface area contributed by atoms with E-state index >= 15 is 0 Å². The molecule has 2 saturated heterocycles. The number of carbonyl (C=O) groups is 2. The van der Waals surface area contributed by atoms with E-state index in [2.05, 4.69) is 26.3 Å². The summed E-state index contributed by atoms with van der Waals surface area (Å²) in [4.78, 5) is 38.1. The van der Waals surface area contributed by atoms with Gasteiger partial charge in [0.15, 0.2) is 10.9 Å². The van der Waals surface area contributed by atoms with Gasteiger partial charge in [-0.1, -0.05) is 13.8 Å². The molecule has 0 radical (unpaired) electrons. The topological polar surface area (TPSA) is 93.8 Å². The molecule has 0 saturated carbocycles. The third-order valence-electron chi connectivity index (χ3n) is 5.78. The van der Waals surface area contributed by atoms with Crippen LogP contribution in [0.5, 0.6) is 5.75 Å². The SMILES string of the molecule is CC(C)C1NC(=S)N(c2ccc(OC(=O)N3CCN(CCc4ccc[nH]4)CC3)cn2)C1=O. The van der Waals surface area contributed by atoms with Gasteiger partial charge in [-0.05, 0) is 42.4 Å². The number of piperazine rings is 1. The number of H-pyrrole nitrogens is 1. The molecule has 2 amide bonds. The van der Waals surface area contributed by atoms with Crippen molar-refractivity contribution in [1.29, 1.82) is 0 Å². The zero-order valence-electron chi connectivity index (χ0n) is 18.3. The zero-order valence-corrected chi connectivity index (χ0v) is 19.1. The van der Waals surface area contributed by atoms with Crippen LogP contribution in [0.1, 0.15) is 19.5 Å². The minimum atomic E-state index is -0.391. The largest absolute Gasteiger partial charge is 0.415 e. The summed E-state index contributed by atoms with van der Waals surface area (Å²) in [5.74, 6) is 0.723. The molecule has 2 aromatic heterocycles. The lowest BCUT2D eigenvalue weighted by atomic mass is 10.1. The number of nitrogens with zero attached hydrogens (tertiary/aromatic N) is 4. The highest BCUT2D eigenvalue weighted by atomic mass is 32.1. The van der Waals surface area contributed by atoms with Crippen LogP contribution in [0.3, 0.4) is 0 Å².